The van der Waals surface area contributed by atoms with Gasteiger partial charge in [-0.3, -0.25) is 9.59 Å². The zero-order valence-corrected chi connectivity index (χ0v) is 13.2. The Labute approximate surface area is 137 Å². The molecule has 120 valence electrons. The first kappa shape index (κ1) is 15.5. The van der Waals surface area contributed by atoms with Crippen molar-refractivity contribution >= 4 is 17.5 Å². The summed E-state index contributed by atoms with van der Waals surface area (Å²) in [5.74, 6) is 0.256. The van der Waals surface area contributed by atoms with Crippen LogP contribution in [0.5, 0.6) is 5.88 Å². The van der Waals surface area contributed by atoms with Crippen LogP contribution in [0, 0.1) is 6.92 Å². The third kappa shape index (κ3) is 3.50. The third-order valence-corrected chi connectivity index (χ3v) is 3.88. The van der Waals surface area contributed by atoms with Crippen molar-refractivity contribution in [2.45, 2.75) is 19.4 Å². The van der Waals surface area contributed by atoms with Crippen LogP contribution in [0.1, 0.15) is 22.5 Å². The van der Waals surface area contributed by atoms with Crippen LogP contribution in [0.25, 0.3) is 0 Å². The predicted molar refractivity (Wildman–Crippen MR) is 83.8 cm³/mol. The number of pyridine rings is 1. The lowest BCUT2D eigenvalue weighted by molar-refractivity contribution is 0.0770. The molecule has 3 rings (SSSR count). The highest BCUT2D eigenvalue weighted by molar-refractivity contribution is 6.30. The maximum absolute atomic E-state index is 12.4. The fourth-order valence-corrected chi connectivity index (χ4v) is 2.56. The van der Waals surface area contributed by atoms with Gasteiger partial charge in [-0.25, -0.2) is 0 Å². The highest BCUT2D eigenvalue weighted by atomic mass is 35.5. The van der Waals surface area contributed by atoms with Gasteiger partial charge in [0.15, 0.2) is 0 Å². The second-order valence-electron chi connectivity index (χ2n) is 5.36. The van der Waals surface area contributed by atoms with Gasteiger partial charge in [-0.1, -0.05) is 11.6 Å². The van der Waals surface area contributed by atoms with Crippen LogP contribution < -0.4 is 10.3 Å². The number of likely N-dealkylation sites (tertiary alicyclic amines) is 1. The Hall–Kier alpha value is -2.41. The van der Waals surface area contributed by atoms with Crippen molar-refractivity contribution in [1.82, 2.24) is 20.1 Å². The van der Waals surface area contributed by atoms with E-state index in [1.54, 1.807) is 11.0 Å². The second-order valence-corrected chi connectivity index (χ2v) is 5.77. The number of nitrogens with zero attached hydrogens (tertiary/aromatic N) is 3. The lowest BCUT2D eigenvalue weighted by Crippen LogP contribution is -2.31. The number of hydrogen-bond acceptors (Lipinski definition) is 5. The first-order valence-electron chi connectivity index (χ1n) is 7.17. The fraction of sp³-hybridized carbons (Fsp3) is 0.333. The van der Waals surface area contributed by atoms with Gasteiger partial charge in [-0.05, 0) is 19.1 Å². The van der Waals surface area contributed by atoms with Crippen molar-refractivity contribution in [3.8, 4) is 5.88 Å². The molecule has 1 aliphatic heterocycles. The average molecular weight is 335 g/mol. The highest BCUT2D eigenvalue weighted by Gasteiger charge is 2.29. The maximum Gasteiger partial charge on any atom is 0.266 e. The van der Waals surface area contributed by atoms with Gasteiger partial charge >= 0.3 is 0 Å². The molecule has 2 aromatic heterocycles. The minimum atomic E-state index is -0.413. The lowest BCUT2D eigenvalue weighted by atomic mass is 10.2. The van der Waals surface area contributed by atoms with Crippen molar-refractivity contribution in [3.05, 3.63) is 51.0 Å². The Morgan fingerprint density at radius 3 is 2.96 bits per heavy atom. The van der Waals surface area contributed by atoms with Crippen LogP contribution in [-0.4, -0.2) is 45.2 Å². The molecule has 3 heterocycles. The van der Waals surface area contributed by atoms with E-state index in [4.69, 9.17) is 16.3 Å². The van der Waals surface area contributed by atoms with Crippen LogP contribution in [-0.2, 0) is 0 Å². The van der Waals surface area contributed by atoms with E-state index in [1.807, 2.05) is 13.0 Å². The molecule has 2 aromatic rings. The first-order valence-corrected chi connectivity index (χ1v) is 7.55. The quantitative estimate of drug-likeness (QED) is 0.917. The van der Waals surface area contributed by atoms with E-state index in [-0.39, 0.29) is 17.0 Å². The molecule has 1 N–H and O–H groups in total. The monoisotopic (exact) mass is 334 g/mol. The zero-order valence-electron chi connectivity index (χ0n) is 12.5. The second kappa shape index (κ2) is 6.37. The Morgan fingerprint density at radius 1 is 1.43 bits per heavy atom. The van der Waals surface area contributed by atoms with E-state index in [1.165, 1.54) is 12.3 Å². The Bertz CT molecular complexity index is 775. The van der Waals surface area contributed by atoms with Crippen LogP contribution in [0.3, 0.4) is 0 Å². The number of amides is 1. The van der Waals surface area contributed by atoms with E-state index < -0.39 is 5.56 Å². The molecule has 1 atom stereocenters. The first-order chi connectivity index (χ1) is 11.0. The van der Waals surface area contributed by atoms with Crippen LogP contribution >= 0.6 is 11.6 Å². The molecule has 1 amide bonds. The summed E-state index contributed by atoms with van der Waals surface area (Å²) in [6.45, 7) is 2.87. The van der Waals surface area contributed by atoms with Gasteiger partial charge in [0.2, 0.25) is 5.88 Å². The van der Waals surface area contributed by atoms with Gasteiger partial charge in [0.25, 0.3) is 11.5 Å². The van der Waals surface area contributed by atoms with E-state index in [9.17, 15) is 9.59 Å². The topological polar surface area (TPSA) is 88.2 Å². The maximum atomic E-state index is 12.4. The minimum Gasteiger partial charge on any atom is -0.471 e. The van der Waals surface area contributed by atoms with Gasteiger partial charge in [0, 0.05) is 25.2 Å². The molecule has 8 heteroatoms. The number of hydrogen-bond donors (Lipinski definition) is 1. The summed E-state index contributed by atoms with van der Waals surface area (Å²) in [6.07, 6.45) is 1.95. The molecule has 0 spiro atoms. The SMILES string of the molecule is Cc1ccc(O[C@H]2CCN(C(=O)c3c[nH]c(=O)c(Cl)c3)C2)nn1. The summed E-state index contributed by atoms with van der Waals surface area (Å²) in [7, 11) is 0. The number of aryl methyl sites for hydroxylation is 1. The molecule has 1 saturated heterocycles. The smallest absolute Gasteiger partial charge is 0.266 e. The van der Waals surface area contributed by atoms with Crippen molar-refractivity contribution in [2.24, 2.45) is 0 Å². The fourth-order valence-electron chi connectivity index (χ4n) is 2.39. The van der Waals surface area contributed by atoms with E-state index >= 15 is 0 Å². The van der Waals surface area contributed by atoms with Crippen LogP contribution in [0.15, 0.2) is 29.2 Å². The lowest BCUT2D eigenvalue weighted by Gasteiger charge is -2.16. The van der Waals surface area contributed by atoms with Crippen LogP contribution in [0.4, 0.5) is 0 Å². The zero-order chi connectivity index (χ0) is 16.4. The Morgan fingerprint density at radius 2 is 2.26 bits per heavy atom. The van der Waals surface area contributed by atoms with E-state index in [0.717, 1.165) is 5.69 Å². The molecule has 0 saturated carbocycles. The van der Waals surface area contributed by atoms with Crippen molar-refractivity contribution < 1.29 is 9.53 Å². The number of aromatic amines is 1. The molecular formula is C15H15ClN4O3. The van der Waals surface area contributed by atoms with Crippen molar-refractivity contribution in [3.63, 3.8) is 0 Å². The number of ether oxygens (including phenoxy) is 1. The molecule has 0 unspecified atom stereocenters. The molecule has 1 aliphatic rings. The third-order valence-electron chi connectivity index (χ3n) is 3.60. The largest absolute Gasteiger partial charge is 0.471 e. The highest BCUT2D eigenvalue weighted by Crippen LogP contribution is 2.18. The number of aromatic nitrogens is 3. The Balaban J connectivity index is 1.64. The molecule has 0 aromatic carbocycles. The van der Waals surface area contributed by atoms with Gasteiger partial charge in [-0.15, -0.1) is 5.10 Å². The summed E-state index contributed by atoms with van der Waals surface area (Å²) in [5, 5.41) is 7.89. The molecule has 1 fully saturated rings. The summed E-state index contributed by atoms with van der Waals surface area (Å²) in [6, 6.07) is 4.96. The van der Waals surface area contributed by atoms with Crippen molar-refractivity contribution in [1.29, 1.82) is 0 Å². The summed E-state index contributed by atoms with van der Waals surface area (Å²) < 4.78 is 5.74. The standard InChI is InChI=1S/C15H15ClN4O3/c1-9-2-3-13(19-18-9)23-11-4-5-20(8-11)15(22)10-6-12(16)14(21)17-7-10/h2-3,6-7,11H,4-5,8H2,1H3,(H,17,21)/t11-/m0/s1. The van der Waals surface area contributed by atoms with Crippen LogP contribution in [0.2, 0.25) is 5.02 Å². The number of H-pyrrole nitrogens is 1. The van der Waals surface area contributed by atoms with Gasteiger partial charge in [0.05, 0.1) is 17.8 Å². The Kier molecular flexibility index (Phi) is 4.29. The average Bonchev–Trinajstić information content (AvgIpc) is 3.00. The van der Waals surface area contributed by atoms with Crippen molar-refractivity contribution in [2.75, 3.05) is 13.1 Å². The molecular weight excluding hydrogens is 320 g/mol. The summed E-state index contributed by atoms with van der Waals surface area (Å²) in [5.41, 5.74) is 0.754. The summed E-state index contributed by atoms with van der Waals surface area (Å²) >= 11 is 5.76. The van der Waals surface area contributed by atoms with Gasteiger partial charge in [0.1, 0.15) is 11.1 Å². The molecule has 0 radical (unpaired) electrons. The molecule has 23 heavy (non-hydrogen) atoms. The molecule has 0 aliphatic carbocycles. The number of nitrogens with one attached hydrogen (secondary N) is 1. The minimum absolute atomic E-state index is 0.00206. The summed E-state index contributed by atoms with van der Waals surface area (Å²) in [4.78, 5) is 27.8. The number of rotatable bonds is 3. The van der Waals surface area contributed by atoms with E-state index in [0.29, 0.717) is 31.0 Å². The molecule has 0 bridgehead atoms. The number of halogens is 1. The van der Waals surface area contributed by atoms with E-state index in [2.05, 4.69) is 15.2 Å². The van der Waals surface area contributed by atoms with Gasteiger partial charge in [-0.2, -0.15) is 5.10 Å². The number of carbonyl (C=O) groups excluding carboxylic acids is 1. The number of carbonyl (C=O) groups is 1. The predicted octanol–water partition coefficient (Wildman–Crippen LogP) is 1.42. The normalized spacial score (nSPS) is 17.3. The molecule has 7 nitrogen and oxygen atoms in total. The van der Waals surface area contributed by atoms with Gasteiger partial charge < -0.3 is 14.6 Å².